The highest BCUT2D eigenvalue weighted by atomic mass is 35.5. The van der Waals surface area contributed by atoms with E-state index in [1.807, 2.05) is 59.0 Å². The molecule has 0 bridgehead atoms. The number of hydrogen-bond donors (Lipinski definition) is 2. The number of nitrogens with zero attached hydrogens (tertiary/aromatic N) is 18. The number of benzene rings is 4. The van der Waals surface area contributed by atoms with Gasteiger partial charge in [-0.3, -0.25) is 24.1 Å². The molecule has 4 aromatic carbocycles. The lowest BCUT2D eigenvalue weighted by Gasteiger charge is -2.32. The van der Waals surface area contributed by atoms with Gasteiger partial charge >= 0.3 is 12.2 Å². The molecule has 5 aliphatic heterocycles. The van der Waals surface area contributed by atoms with E-state index in [1.54, 1.807) is 60.0 Å². The third-order valence-corrected chi connectivity index (χ3v) is 19.4. The first kappa shape index (κ1) is 92.3. The smallest absolute Gasteiger partial charge is 0.417 e. The molecule has 26 nitrogen and oxygen atoms in total. The number of piperazine rings is 3. The SMILES string of the molecule is C.CC(C)(C)OC(=O)N1Cc2nc(-c3c(F)cccc3F)cc(Cl)c2C1=O.CN(CCCl)CCCl.CN1CCN(c2ccn(-c3cc(-c4c(F)cccc4F)nc4c3C(=O)N(C(=O)OC(C)(C)C)C4)n2)CC1.CN1CCN(c2ccn(Cc3ccccc3)n2)CC1.CN1CCN(c2ccn[nH]2)CC1.Cl.Nc1ccn(Cc2ccccc2)n1. The number of carbonyl (C=O) groups excluding carboxylic acids is 4. The van der Waals surface area contributed by atoms with Crippen molar-refractivity contribution in [2.24, 2.45) is 0 Å². The number of imide groups is 2. The van der Waals surface area contributed by atoms with Crippen LogP contribution in [0.15, 0.2) is 158 Å². The van der Waals surface area contributed by atoms with E-state index in [0.717, 1.165) is 150 Å². The van der Waals surface area contributed by atoms with Crippen molar-refractivity contribution in [1.29, 1.82) is 0 Å². The van der Waals surface area contributed by atoms with Crippen LogP contribution in [0.1, 0.15) is 92.2 Å². The largest absolute Gasteiger partial charge is 0.443 e. The van der Waals surface area contributed by atoms with E-state index in [2.05, 4.69) is 140 Å². The number of fused-ring (bicyclic) bond motifs is 2. The van der Waals surface area contributed by atoms with Gasteiger partial charge in [0, 0.05) is 140 Å². The third kappa shape index (κ3) is 25.9. The maximum atomic E-state index is 14.7. The van der Waals surface area contributed by atoms with E-state index in [4.69, 9.17) is 50.0 Å². The topological polar surface area (TPSA) is 250 Å². The molecular formula is C83H104Cl4F4N20O6. The van der Waals surface area contributed by atoms with Gasteiger partial charge in [0.2, 0.25) is 0 Å². The minimum Gasteiger partial charge on any atom is -0.443 e. The molecule has 3 saturated heterocycles. The summed E-state index contributed by atoms with van der Waals surface area (Å²) in [7, 11) is 8.39. The number of carbonyl (C=O) groups is 4. The van der Waals surface area contributed by atoms with Crippen LogP contribution >= 0.6 is 47.2 Å². The van der Waals surface area contributed by atoms with E-state index in [0.29, 0.717) is 23.4 Å². The molecule has 10 aromatic rings. The second-order valence-electron chi connectivity index (χ2n) is 30.0. The highest BCUT2D eigenvalue weighted by molar-refractivity contribution is 6.35. The van der Waals surface area contributed by atoms with Crippen LogP contribution in [0, 0.1) is 23.3 Å². The highest BCUT2D eigenvalue weighted by Crippen LogP contribution is 2.37. The maximum Gasteiger partial charge on any atom is 0.417 e. The number of alkyl halides is 2. The summed E-state index contributed by atoms with van der Waals surface area (Å²) in [4.78, 5) is 77.1. The monoisotopic (exact) mass is 1690 g/mol. The molecule has 5 aliphatic rings. The first-order valence-corrected chi connectivity index (χ1v) is 39.2. The van der Waals surface area contributed by atoms with E-state index in [9.17, 15) is 36.7 Å². The predicted octanol–water partition coefficient (Wildman–Crippen LogP) is 14.2. The van der Waals surface area contributed by atoms with Crippen LogP contribution in [0.3, 0.4) is 0 Å². The molecule has 3 fully saturated rings. The Morgan fingerprint density at radius 1 is 0.521 bits per heavy atom. The van der Waals surface area contributed by atoms with Crippen molar-refractivity contribution >= 4 is 94.5 Å². The van der Waals surface area contributed by atoms with Gasteiger partial charge in [0.25, 0.3) is 11.8 Å². The average Bonchev–Trinajstić information content (AvgIpc) is 1.61. The van der Waals surface area contributed by atoms with Gasteiger partial charge < -0.3 is 49.5 Å². The molecule has 0 radical (unpaired) electrons. The Morgan fingerprint density at radius 3 is 1.36 bits per heavy atom. The fourth-order valence-corrected chi connectivity index (χ4v) is 13.4. The van der Waals surface area contributed by atoms with Gasteiger partial charge in [-0.2, -0.15) is 20.4 Å². The standard InChI is InChI=1S/C26H28F2N6O3.C18H15ClF2N2O3.C15H20N4.C10H11N3.C8H14N4.C5H11Cl2N.CH4.ClH/c1-26(2,3)37-25(36)33-15-19-23(24(33)35)20(14-18(29-19)22-16(27)6-5-7-17(22)28)34-9-8-21(30-34)32-12-10-31(4)11-13-32;1-18(2,3)26-17(25)23-8-13-14(16(23)24)9(19)7-12(22-13)15-10(20)5-4-6-11(15)21;1-17-9-11-18(12-10-17)15-7-8-19(16-15)13-14-5-3-2-4-6-14;11-10-6-7-13(12-10)8-9-4-2-1-3-5-9;1-11-4-6-12(7-5-11)8-2-3-9-10-8;1-8(4-2-6)5-3-7;;/h5-9,14H,10-13,15H2,1-4H3;4-7H,8H2,1-3H3;2-8H,9-13H2,1H3;1-7H,8H2,(H2,11,12);2-3H,4-7H2,1H3,(H,9,10);2-5H2,1H3;1H4;1H. The zero-order valence-electron chi connectivity index (χ0n) is 66.8. The number of rotatable bonds is 14. The number of anilines is 4. The summed E-state index contributed by atoms with van der Waals surface area (Å²) in [5.74, 6) is 0.450. The molecule has 0 atom stereocenters. The van der Waals surface area contributed by atoms with Crippen molar-refractivity contribution in [3.8, 4) is 28.2 Å². The molecular weight excluding hydrogens is 1590 g/mol. The lowest BCUT2D eigenvalue weighted by atomic mass is 10.1. The maximum absolute atomic E-state index is 14.7. The summed E-state index contributed by atoms with van der Waals surface area (Å²) >= 11 is 17.0. The second-order valence-corrected chi connectivity index (χ2v) is 31.2. The fourth-order valence-electron chi connectivity index (χ4n) is 12.6. The Morgan fingerprint density at radius 2 is 0.932 bits per heavy atom. The van der Waals surface area contributed by atoms with E-state index in [1.165, 1.54) is 40.1 Å². The Kier molecular flexibility index (Phi) is 33.8. The minimum atomic E-state index is -0.838. The number of ether oxygens (including phenoxy) is 2. The number of halogens is 8. The van der Waals surface area contributed by atoms with Crippen LogP contribution in [-0.4, -0.2) is 246 Å². The predicted molar refractivity (Wildman–Crippen MR) is 454 cm³/mol. The zero-order chi connectivity index (χ0) is 82.7. The Balaban J connectivity index is 0.000000187. The summed E-state index contributed by atoms with van der Waals surface area (Å²) in [6, 6.07) is 38.0. The van der Waals surface area contributed by atoms with Gasteiger partial charge in [0.05, 0.1) is 88.1 Å². The molecule has 4 amide bonds. The number of H-pyrrole nitrogens is 1. The van der Waals surface area contributed by atoms with Crippen LogP contribution in [-0.2, 0) is 35.7 Å². The number of aromatic amines is 1. The highest BCUT2D eigenvalue weighted by Gasteiger charge is 2.41. The van der Waals surface area contributed by atoms with Gasteiger partial charge in [-0.1, -0.05) is 91.8 Å². The van der Waals surface area contributed by atoms with Crippen molar-refractivity contribution in [2.45, 2.75) is 86.4 Å². The lowest BCUT2D eigenvalue weighted by molar-refractivity contribution is 0.0230. The Labute approximate surface area is 702 Å². The summed E-state index contributed by atoms with van der Waals surface area (Å²) in [5.41, 5.74) is 6.50. The number of pyridine rings is 2. The van der Waals surface area contributed by atoms with Crippen LogP contribution in [0.25, 0.3) is 28.2 Å². The van der Waals surface area contributed by atoms with Gasteiger partial charge in [0.15, 0.2) is 11.6 Å². The zero-order valence-corrected chi connectivity index (χ0v) is 69.9. The van der Waals surface area contributed by atoms with Gasteiger partial charge in [-0.05, 0) is 123 Å². The van der Waals surface area contributed by atoms with Crippen molar-refractivity contribution in [3.63, 3.8) is 0 Å². The summed E-state index contributed by atoms with van der Waals surface area (Å²) < 4.78 is 73.4. The molecule has 6 aromatic heterocycles. The number of nitrogen functional groups attached to an aromatic ring is 1. The van der Waals surface area contributed by atoms with Crippen molar-refractivity contribution < 1.29 is 46.2 Å². The van der Waals surface area contributed by atoms with Crippen LogP contribution in [0.5, 0.6) is 0 Å². The molecule has 0 spiro atoms. The van der Waals surface area contributed by atoms with Gasteiger partial charge in [-0.15, -0.1) is 35.6 Å². The minimum absolute atomic E-state index is 0. The Bertz CT molecular complexity index is 4810. The average molecular weight is 1700 g/mol. The van der Waals surface area contributed by atoms with Crippen molar-refractivity contribution in [1.82, 2.24) is 78.9 Å². The molecule has 117 heavy (non-hydrogen) atoms. The number of aromatic nitrogens is 10. The fraction of sp³-hybridized carbons (Fsp3) is 0.398. The third-order valence-electron chi connectivity index (χ3n) is 18.7. The molecule has 0 aliphatic carbocycles. The van der Waals surface area contributed by atoms with Crippen molar-refractivity contribution in [3.05, 3.63) is 220 Å². The Hall–Kier alpha value is -10.2. The summed E-state index contributed by atoms with van der Waals surface area (Å²) in [6.07, 6.45) is 5.78. The number of likely N-dealkylation sites (N-methyl/N-ethyl adjacent to an activating group) is 3. The van der Waals surface area contributed by atoms with Crippen LogP contribution in [0.4, 0.5) is 50.4 Å². The number of amides is 4. The van der Waals surface area contributed by atoms with Crippen LogP contribution in [0.2, 0.25) is 5.02 Å². The van der Waals surface area contributed by atoms with Crippen molar-refractivity contribution in [2.75, 3.05) is 152 Å². The summed E-state index contributed by atoms with van der Waals surface area (Å²) in [5, 5.41) is 20.3. The molecule has 0 saturated carbocycles. The number of hydrogen-bond acceptors (Lipinski definition) is 20. The lowest BCUT2D eigenvalue weighted by Crippen LogP contribution is -2.44. The van der Waals surface area contributed by atoms with E-state index in [-0.39, 0.29) is 88.7 Å². The molecule has 11 heterocycles. The quantitative estimate of drug-likeness (QED) is 0.0758. The molecule has 3 N–H and O–H groups in total. The van der Waals surface area contributed by atoms with E-state index >= 15 is 0 Å². The normalized spacial score (nSPS) is 14.8. The number of nitrogens with two attached hydrogens (primary N) is 1. The van der Waals surface area contributed by atoms with Gasteiger partial charge in [-0.25, -0.2) is 51.6 Å². The van der Waals surface area contributed by atoms with E-state index < -0.39 is 58.5 Å². The first-order chi connectivity index (χ1) is 54.9. The number of nitrogens with one attached hydrogen (secondary N) is 1. The first-order valence-electron chi connectivity index (χ1n) is 37.7. The molecule has 34 heteroatoms. The molecule has 0 unspecified atom stereocenters. The second kappa shape index (κ2) is 42.8. The van der Waals surface area contributed by atoms with Gasteiger partial charge in [0.1, 0.15) is 46.1 Å². The molecule has 628 valence electrons. The molecule has 15 rings (SSSR count). The summed E-state index contributed by atoms with van der Waals surface area (Å²) in [6.45, 7) is 25.4. The van der Waals surface area contributed by atoms with Crippen LogP contribution < -0.4 is 20.4 Å².